The van der Waals surface area contributed by atoms with Crippen LogP contribution in [0.2, 0.25) is 0 Å². The quantitative estimate of drug-likeness (QED) is 0.905. The average Bonchev–Trinajstić information content (AvgIpc) is 2.70. The fraction of sp³-hybridized carbons (Fsp3) is 0.438. The molecule has 1 aromatic heterocycles. The van der Waals surface area contributed by atoms with Crippen molar-refractivity contribution in [1.29, 1.82) is 0 Å². The van der Waals surface area contributed by atoms with Crippen molar-refractivity contribution in [2.24, 2.45) is 0 Å². The second-order valence-corrected chi connectivity index (χ2v) is 5.78. The van der Waals surface area contributed by atoms with E-state index in [1.54, 1.807) is 0 Å². The maximum atomic E-state index is 14.1. The maximum Gasteiger partial charge on any atom is 0.131 e. The number of nitrogens with zero attached hydrogens (tertiary/aromatic N) is 1. The number of imidazole rings is 1. The van der Waals surface area contributed by atoms with Gasteiger partial charge in [0.05, 0.1) is 12.2 Å². The van der Waals surface area contributed by atoms with Gasteiger partial charge in [-0.15, -0.1) is 0 Å². The Morgan fingerprint density at radius 3 is 2.38 bits per heavy atom. The molecule has 0 aliphatic heterocycles. The first-order valence-electron chi connectivity index (χ1n) is 7.23. The van der Waals surface area contributed by atoms with Crippen molar-refractivity contribution in [2.75, 3.05) is 0 Å². The smallest absolute Gasteiger partial charge is 0.131 e. The van der Waals surface area contributed by atoms with Crippen LogP contribution in [0.4, 0.5) is 8.78 Å². The van der Waals surface area contributed by atoms with Crippen LogP contribution in [0.1, 0.15) is 42.0 Å². The van der Waals surface area contributed by atoms with Crippen molar-refractivity contribution in [3.05, 3.63) is 52.6 Å². The molecule has 2 N–H and O–H groups in total. The molecule has 0 unspecified atom stereocenters. The Balaban J connectivity index is 1.84. The molecule has 1 saturated carbocycles. The Hall–Kier alpha value is -1.75. The molecular formula is C16H19F2N3. The van der Waals surface area contributed by atoms with E-state index in [-0.39, 0.29) is 5.56 Å². The summed E-state index contributed by atoms with van der Waals surface area (Å²) in [7, 11) is 0. The first-order valence-corrected chi connectivity index (χ1v) is 7.23. The molecule has 112 valence electrons. The van der Waals surface area contributed by atoms with Crippen molar-refractivity contribution in [1.82, 2.24) is 15.3 Å². The van der Waals surface area contributed by atoms with Crippen LogP contribution >= 0.6 is 0 Å². The van der Waals surface area contributed by atoms with Gasteiger partial charge in [0.1, 0.15) is 17.5 Å². The van der Waals surface area contributed by atoms with E-state index in [2.05, 4.69) is 15.3 Å². The molecule has 0 amide bonds. The summed E-state index contributed by atoms with van der Waals surface area (Å²) in [4.78, 5) is 7.59. The molecular weight excluding hydrogens is 272 g/mol. The molecule has 0 atom stereocenters. The summed E-state index contributed by atoms with van der Waals surface area (Å²) in [5.74, 6) is -0.156. The number of hydrogen-bond acceptors (Lipinski definition) is 2. The molecule has 5 heteroatoms. The molecule has 3 nitrogen and oxygen atoms in total. The number of nitrogens with one attached hydrogen (secondary N) is 2. The minimum atomic E-state index is -0.607. The lowest BCUT2D eigenvalue weighted by atomic mass is 9.71. The van der Waals surface area contributed by atoms with Gasteiger partial charge in [-0.25, -0.2) is 13.8 Å². The van der Waals surface area contributed by atoms with Crippen LogP contribution in [-0.2, 0) is 12.1 Å². The van der Waals surface area contributed by atoms with Gasteiger partial charge in [-0.3, -0.25) is 0 Å². The van der Waals surface area contributed by atoms with Crippen molar-refractivity contribution in [2.45, 2.75) is 45.2 Å². The standard InChI is InChI=1S/C16H19F2N3/c1-10-11(2)21-14(20-10)9-19-16(7-4-8-16)15-12(17)5-3-6-13(15)18/h3,5-6,19H,4,7-9H2,1-2H3,(H,20,21). The third kappa shape index (κ3) is 2.46. The number of aryl methyl sites for hydroxylation is 2. The van der Waals surface area contributed by atoms with Crippen molar-refractivity contribution >= 4 is 0 Å². The monoisotopic (exact) mass is 291 g/mol. The zero-order chi connectivity index (χ0) is 15.0. The summed E-state index contributed by atoms with van der Waals surface area (Å²) in [5.41, 5.74) is 1.53. The molecule has 1 fully saturated rings. The predicted molar refractivity (Wildman–Crippen MR) is 76.8 cm³/mol. The number of rotatable bonds is 4. The summed E-state index contributed by atoms with van der Waals surface area (Å²) in [6, 6.07) is 4.04. The molecule has 1 heterocycles. The molecule has 3 rings (SSSR count). The minimum absolute atomic E-state index is 0.163. The van der Waals surface area contributed by atoms with Crippen LogP contribution in [0.5, 0.6) is 0 Å². The molecule has 0 bridgehead atoms. The summed E-state index contributed by atoms with van der Waals surface area (Å²) in [6.07, 6.45) is 2.45. The van der Waals surface area contributed by atoms with Crippen LogP contribution < -0.4 is 5.32 Å². The minimum Gasteiger partial charge on any atom is -0.345 e. The van der Waals surface area contributed by atoms with E-state index in [0.717, 1.165) is 36.5 Å². The van der Waals surface area contributed by atoms with Crippen LogP contribution in [-0.4, -0.2) is 9.97 Å². The molecule has 1 aliphatic carbocycles. The molecule has 0 radical (unpaired) electrons. The van der Waals surface area contributed by atoms with Gasteiger partial charge < -0.3 is 10.3 Å². The molecule has 2 aromatic rings. The number of H-pyrrole nitrogens is 1. The van der Waals surface area contributed by atoms with E-state index in [9.17, 15) is 8.78 Å². The highest BCUT2D eigenvalue weighted by Crippen LogP contribution is 2.43. The fourth-order valence-corrected chi connectivity index (χ4v) is 2.96. The van der Waals surface area contributed by atoms with E-state index < -0.39 is 17.2 Å². The Kier molecular flexibility index (Phi) is 3.53. The van der Waals surface area contributed by atoms with Crippen LogP contribution in [0, 0.1) is 25.5 Å². The maximum absolute atomic E-state index is 14.1. The summed E-state index contributed by atoms with van der Waals surface area (Å²) in [6.45, 7) is 4.37. The van der Waals surface area contributed by atoms with E-state index in [1.807, 2.05) is 13.8 Å². The topological polar surface area (TPSA) is 40.7 Å². The number of halogens is 2. The first-order chi connectivity index (χ1) is 10.0. The molecule has 0 saturated heterocycles. The average molecular weight is 291 g/mol. The van der Waals surface area contributed by atoms with E-state index in [0.29, 0.717) is 6.54 Å². The number of aromatic amines is 1. The Morgan fingerprint density at radius 1 is 1.24 bits per heavy atom. The highest BCUT2D eigenvalue weighted by atomic mass is 19.1. The normalized spacial score (nSPS) is 16.8. The summed E-state index contributed by atoms with van der Waals surface area (Å²) >= 11 is 0. The van der Waals surface area contributed by atoms with Gasteiger partial charge in [-0.1, -0.05) is 6.07 Å². The third-order valence-electron chi connectivity index (χ3n) is 4.42. The van der Waals surface area contributed by atoms with Gasteiger partial charge >= 0.3 is 0 Å². The van der Waals surface area contributed by atoms with Gasteiger partial charge in [0, 0.05) is 16.8 Å². The van der Waals surface area contributed by atoms with E-state index >= 15 is 0 Å². The van der Waals surface area contributed by atoms with Gasteiger partial charge in [-0.05, 0) is 45.2 Å². The second-order valence-electron chi connectivity index (χ2n) is 5.78. The van der Waals surface area contributed by atoms with Gasteiger partial charge in [-0.2, -0.15) is 0 Å². The Labute approximate surface area is 122 Å². The zero-order valence-corrected chi connectivity index (χ0v) is 12.3. The largest absolute Gasteiger partial charge is 0.345 e. The van der Waals surface area contributed by atoms with Crippen molar-refractivity contribution in [3.63, 3.8) is 0 Å². The van der Waals surface area contributed by atoms with Crippen LogP contribution in [0.3, 0.4) is 0 Å². The highest BCUT2D eigenvalue weighted by Gasteiger charge is 2.42. The zero-order valence-electron chi connectivity index (χ0n) is 12.3. The second kappa shape index (κ2) is 5.22. The SMILES string of the molecule is Cc1nc(CNC2(c3c(F)cccc3F)CCC2)[nH]c1C. The van der Waals surface area contributed by atoms with Gasteiger partial charge in [0.15, 0.2) is 0 Å². The lowest BCUT2D eigenvalue weighted by molar-refractivity contribution is 0.169. The molecule has 21 heavy (non-hydrogen) atoms. The molecule has 1 aromatic carbocycles. The fourth-order valence-electron chi connectivity index (χ4n) is 2.96. The van der Waals surface area contributed by atoms with E-state index in [4.69, 9.17) is 0 Å². The third-order valence-corrected chi connectivity index (χ3v) is 4.42. The van der Waals surface area contributed by atoms with Crippen LogP contribution in [0.15, 0.2) is 18.2 Å². The number of hydrogen-bond donors (Lipinski definition) is 2. The Morgan fingerprint density at radius 2 is 1.90 bits per heavy atom. The summed E-state index contributed by atoms with van der Waals surface area (Å²) < 4.78 is 28.1. The van der Waals surface area contributed by atoms with Crippen molar-refractivity contribution < 1.29 is 8.78 Å². The lowest BCUT2D eigenvalue weighted by Gasteiger charge is -2.43. The van der Waals surface area contributed by atoms with Crippen molar-refractivity contribution in [3.8, 4) is 0 Å². The van der Waals surface area contributed by atoms with Gasteiger partial charge in [0.2, 0.25) is 0 Å². The first kappa shape index (κ1) is 14.2. The van der Waals surface area contributed by atoms with E-state index in [1.165, 1.54) is 18.2 Å². The molecule has 1 aliphatic rings. The number of benzene rings is 1. The van der Waals surface area contributed by atoms with Gasteiger partial charge in [0.25, 0.3) is 0 Å². The predicted octanol–water partition coefficient (Wildman–Crippen LogP) is 3.47. The summed E-state index contributed by atoms with van der Waals surface area (Å²) in [5, 5.41) is 3.31. The Bertz CT molecular complexity index is 620. The number of aromatic nitrogens is 2. The lowest BCUT2D eigenvalue weighted by Crippen LogP contribution is -2.49. The molecule has 0 spiro atoms. The highest BCUT2D eigenvalue weighted by molar-refractivity contribution is 5.30. The van der Waals surface area contributed by atoms with Crippen LogP contribution in [0.25, 0.3) is 0 Å².